The van der Waals surface area contributed by atoms with E-state index in [1.54, 1.807) is 6.92 Å². The number of hydrogen-bond acceptors (Lipinski definition) is 3. The number of rotatable bonds is 4. The number of hydrogen-bond donors (Lipinski definition) is 1. The fourth-order valence-corrected chi connectivity index (χ4v) is 1.13. The van der Waals surface area contributed by atoms with Crippen LogP contribution < -0.4 is 4.74 Å². The molecule has 0 heterocycles. The Morgan fingerprint density at radius 1 is 1.69 bits per heavy atom. The molecule has 0 bridgehead atoms. The molecule has 84 valence electrons. The summed E-state index contributed by atoms with van der Waals surface area (Å²) in [6, 6.07) is 5.03. The lowest BCUT2D eigenvalue weighted by atomic mass is 10.2. The van der Waals surface area contributed by atoms with Crippen LogP contribution in [0.1, 0.15) is 23.7 Å². The monoisotopic (exact) mass is 223 g/mol. The molecule has 1 N–H and O–H groups in total. The molecule has 0 fully saturated rings. The van der Waals surface area contributed by atoms with E-state index in [0.29, 0.717) is 6.42 Å². The van der Waals surface area contributed by atoms with Crippen LogP contribution in [0.25, 0.3) is 0 Å². The van der Waals surface area contributed by atoms with Gasteiger partial charge < -0.3 is 9.84 Å². The fourth-order valence-electron chi connectivity index (χ4n) is 1.13. The summed E-state index contributed by atoms with van der Waals surface area (Å²) in [5.41, 5.74) is -0.284. The number of carbonyl (C=O) groups is 1. The van der Waals surface area contributed by atoms with Crippen molar-refractivity contribution in [3.63, 3.8) is 0 Å². The van der Waals surface area contributed by atoms with Crippen LogP contribution in [0.5, 0.6) is 5.75 Å². The molecule has 0 radical (unpaired) electrons. The average molecular weight is 223 g/mol. The summed E-state index contributed by atoms with van der Waals surface area (Å²) < 4.78 is 18.0. The fraction of sp³-hybridized carbons (Fsp3) is 0.273. The molecule has 0 aliphatic carbocycles. The Labute approximate surface area is 91.9 Å². The summed E-state index contributed by atoms with van der Waals surface area (Å²) >= 11 is 0. The molecule has 1 atom stereocenters. The maximum absolute atomic E-state index is 12.8. The second kappa shape index (κ2) is 5.12. The predicted octanol–water partition coefficient (Wildman–Crippen LogP) is 2.20. The third-order valence-corrected chi connectivity index (χ3v) is 1.96. The van der Waals surface area contributed by atoms with E-state index < -0.39 is 17.9 Å². The zero-order valence-corrected chi connectivity index (χ0v) is 8.61. The lowest BCUT2D eigenvalue weighted by Gasteiger charge is -2.12. The van der Waals surface area contributed by atoms with Crippen molar-refractivity contribution in [2.45, 2.75) is 19.4 Å². The highest BCUT2D eigenvalue weighted by Crippen LogP contribution is 2.21. The van der Waals surface area contributed by atoms with Gasteiger partial charge in [-0.25, -0.2) is 9.18 Å². The molecule has 0 aromatic heterocycles. The van der Waals surface area contributed by atoms with E-state index in [-0.39, 0.29) is 11.3 Å². The number of halogens is 1. The molecule has 1 aromatic carbocycles. The van der Waals surface area contributed by atoms with Gasteiger partial charge in [-0.05, 0) is 24.6 Å². The number of benzene rings is 1. The van der Waals surface area contributed by atoms with E-state index in [1.165, 1.54) is 6.07 Å². The number of carboxylic acids is 1. The van der Waals surface area contributed by atoms with E-state index in [1.807, 2.05) is 6.07 Å². The Morgan fingerprint density at radius 2 is 2.38 bits per heavy atom. The second-order valence-electron chi connectivity index (χ2n) is 3.09. The van der Waals surface area contributed by atoms with Crippen molar-refractivity contribution >= 4 is 5.97 Å². The van der Waals surface area contributed by atoms with Crippen molar-refractivity contribution in [1.82, 2.24) is 0 Å². The molecule has 0 saturated carbocycles. The number of ether oxygens (including phenoxy) is 1. The van der Waals surface area contributed by atoms with E-state index in [9.17, 15) is 9.18 Å². The Morgan fingerprint density at radius 3 is 2.88 bits per heavy atom. The standard InChI is InChI=1S/C11H10FNO3/c1-2-8(6-13)16-10-4-3-7(12)5-9(10)11(14)15/h3-5,8H,2H2,1H3,(H,14,15). The van der Waals surface area contributed by atoms with Crippen molar-refractivity contribution in [1.29, 1.82) is 5.26 Å². The van der Waals surface area contributed by atoms with Crippen molar-refractivity contribution in [3.05, 3.63) is 29.6 Å². The molecule has 4 nitrogen and oxygen atoms in total. The zero-order chi connectivity index (χ0) is 12.1. The van der Waals surface area contributed by atoms with Crippen molar-refractivity contribution < 1.29 is 19.0 Å². The Kier molecular flexibility index (Phi) is 3.84. The van der Waals surface area contributed by atoms with Crippen LogP contribution in [0.15, 0.2) is 18.2 Å². The summed E-state index contributed by atoms with van der Waals surface area (Å²) in [4.78, 5) is 10.8. The number of carboxylic acid groups (broad SMARTS) is 1. The van der Waals surface area contributed by atoms with E-state index in [0.717, 1.165) is 12.1 Å². The van der Waals surface area contributed by atoms with Crippen LogP contribution in [0.3, 0.4) is 0 Å². The van der Waals surface area contributed by atoms with Gasteiger partial charge in [0.15, 0.2) is 6.10 Å². The maximum atomic E-state index is 12.8. The van der Waals surface area contributed by atoms with Gasteiger partial charge in [-0.2, -0.15) is 5.26 Å². The van der Waals surface area contributed by atoms with Gasteiger partial charge in [0.1, 0.15) is 23.2 Å². The van der Waals surface area contributed by atoms with Crippen LogP contribution in [0.4, 0.5) is 4.39 Å². The van der Waals surface area contributed by atoms with Gasteiger partial charge in [0.05, 0.1) is 0 Å². The molecule has 1 unspecified atom stereocenters. The molecule has 0 amide bonds. The van der Waals surface area contributed by atoms with Gasteiger partial charge in [-0.3, -0.25) is 0 Å². The first-order chi connectivity index (χ1) is 7.58. The van der Waals surface area contributed by atoms with Gasteiger partial charge in [0.2, 0.25) is 0 Å². The van der Waals surface area contributed by atoms with Crippen LogP contribution in [-0.2, 0) is 0 Å². The zero-order valence-electron chi connectivity index (χ0n) is 8.61. The lowest BCUT2D eigenvalue weighted by molar-refractivity contribution is 0.0690. The first kappa shape index (κ1) is 12.0. The van der Waals surface area contributed by atoms with Crippen LogP contribution in [0, 0.1) is 17.1 Å². The lowest BCUT2D eigenvalue weighted by Crippen LogP contribution is -2.14. The maximum Gasteiger partial charge on any atom is 0.339 e. The third kappa shape index (κ3) is 2.70. The van der Waals surface area contributed by atoms with Gasteiger partial charge in [-0.1, -0.05) is 6.92 Å². The topological polar surface area (TPSA) is 70.3 Å². The summed E-state index contributed by atoms with van der Waals surface area (Å²) in [5.74, 6) is -1.95. The molecule has 5 heteroatoms. The van der Waals surface area contributed by atoms with Crippen molar-refractivity contribution in [2.24, 2.45) is 0 Å². The van der Waals surface area contributed by atoms with Crippen molar-refractivity contribution in [2.75, 3.05) is 0 Å². The number of nitrogens with zero attached hydrogens (tertiary/aromatic N) is 1. The first-order valence-corrected chi connectivity index (χ1v) is 4.67. The Hall–Kier alpha value is -2.09. The highest BCUT2D eigenvalue weighted by Gasteiger charge is 2.15. The Balaban J connectivity index is 3.04. The number of nitriles is 1. The summed E-state index contributed by atoms with van der Waals surface area (Å²) in [5, 5.41) is 17.5. The van der Waals surface area contributed by atoms with E-state index in [2.05, 4.69) is 0 Å². The summed E-state index contributed by atoms with van der Waals surface area (Å²) in [6.45, 7) is 1.73. The second-order valence-corrected chi connectivity index (χ2v) is 3.09. The van der Waals surface area contributed by atoms with Crippen molar-refractivity contribution in [3.8, 4) is 11.8 Å². The minimum Gasteiger partial charge on any atom is -0.478 e. The molecule has 0 saturated heterocycles. The molecule has 0 spiro atoms. The van der Waals surface area contributed by atoms with Crippen LogP contribution >= 0.6 is 0 Å². The highest BCUT2D eigenvalue weighted by atomic mass is 19.1. The largest absolute Gasteiger partial charge is 0.478 e. The van der Waals surface area contributed by atoms with Gasteiger partial charge in [0, 0.05) is 0 Å². The normalized spacial score (nSPS) is 11.6. The molecule has 0 aliphatic heterocycles. The highest BCUT2D eigenvalue weighted by molar-refractivity contribution is 5.90. The van der Waals surface area contributed by atoms with Crippen LogP contribution in [-0.4, -0.2) is 17.2 Å². The molecular weight excluding hydrogens is 213 g/mol. The van der Waals surface area contributed by atoms with Gasteiger partial charge >= 0.3 is 5.97 Å². The average Bonchev–Trinajstić information content (AvgIpc) is 2.27. The summed E-state index contributed by atoms with van der Waals surface area (Å²) in [6.07, 6.45) is -0.309. The molecule has 1 aromatic rings. The number of aromatic carboxylic acids is 1. The molecular formula is C11H10FNO3. The third-order valence-electron chi connectivity index (χ3n) is 1.96. The van der Waals surface area contributed by atoms with Crippen LogP contribution in [0.2, 0.25) is 0 Å². The van der Waals surface area contributed by atoms with Gasteiger partial charge in [0.25, 0.3) is 0 Å². The molecule has 16 heavy (non-hydrogen) atoms. The van der Waals surface area contributed by atoms with Gasteiger partial charge in [-0.15, -0.1) is 0 Å². The van der Waals surface area contributed by atoms with E-state index >= 15 is 0 Å². The molecule has 0 aliphatic rings. The Bertz CT molecular complexity index is 439. The minimum absolute atomic E-state index is 0.00213. The first-order valence-electron chi connectivity index (χ1n) is 4.67. The molecule has 1 rings (SSSR count). The summed E-state index contributed by atoms with van der Waals surface area (Å²) in [7, 11) is 0. The predicted molar refractivity (Wildman–Crippen MR) is 53.7 cm³/mol. The smallest absolute Gasteiger partial charge is 0.339 e. The van der Waals surface area contributed by atoms with E-state index in [4.69, 9.17) is 15.1 Å². The SMILES string of the molecule is CCC(C#N)Oc1ccc(F)cc1C(=O)O. The minimum atomic E-state index is -1.29. The quantitative estimate of drug-likeness (QED) is 0.849.